The van der Waals surface area contributed by atoms with Crippen LogP contribution in [-0.4, -0.2) is 5.43 Å². The standard InChI is InChI=1S/C13H9.C9H13.C7H8Si.2ClH.Zr/c1-3-7-12-10(5-1)9-11-6-2-4-8-13(11)12;1-9(2,3)8-6-4-5-7-8;1-8-7-5-3-2-4-6-7;;;/h1-5,7-8H,9H2;4-7H,1-3H3;2-6H,1H3;2*1H;/q2*-1;;;;+2/p-2. The third-order valence-corrected chi connectivity index (χ3v) is 8.68. The Bertz CT molecular complexity index is 1070. The largest absolute Gasteiger partial charge is 1.00 e. The van der Waals surface area contributed by atoms with Gasteiger partial charge in [0.05, 0.1) is 0 Å². The Kier molecular flexibility index (Phi) is 12.8. The number of halogens is 2. The Morgan fingerprint density at radius 1 is 0.848 bits per heavy atom. The van der Waals surface area contributed by atoms with E-state index in [0.717, 1.165) is 6.42 Å². The molecular formula is C29H30Cl2SiZr-2. The van der Waals surface area contributed by atoms with Gasteiger partial charge in [-0.1, -0.05) is 61.6 Å². The summed E-state index contributed by atoms with van der Waals surface area (Å²) in [6.07, 6.45) is 1.05. The van der Waals surface area contributed by atoms with Gasteiger partial charge in [-0.25, -0.2) is 6.07 Å². The van der Waals surface area contributed by atoms with Crippen molar-refractivity contribution in [3.8, 4) is 11.1 Å². The average Bonchev–Trinajstić information content (AvgIpc) is 3.43. The van der Waals surface area contributed by atoms with Gasteiger partial charge in [-0.3, -0.25) is 0 Å². The van der Waals surface area contributed by atoms with Crippen molar-refractivity contribution in [3.05, 3.63) is 120 Å². The van der Waals surface area contributed by atoms with Crippen LogP contribution in [0, 0.1) is 6.07 Å². The summed E-state index contributed by atoms with van der Waals surface area (Å²) in [5.41, 5.74) is 7.13. The first-order valence-electron chi connectivity index (χ1n) is 10.8. The predicted octanol–water partition coefficient (Wildman–Crippen LogP) is 0.831. The summed E-state index contributed by atoms with van der Waals surface area (Å²) in [6.45, 7) is 9.02. The minimum Gasteiger partial charge on any atom is -1.00 e. The van der Waals surface area contributed by atoms with E-state index < -0.39 is 0 Å². The fraction of sp³-hybridized carbons (Fsp3) is 0.207. The molecule has 0 saturated heterocycles. The molecule has 0 heterocycles. The van der Waals surface area contributed by atoms with E-state index in [9.17, 15) is 0 Å². The number of hydrogen-bond acceptors (Lipinski definition) is 0. The number of hydrogen-bond donors (Lipinski definition) is 0. The van der Waals surface area contributed by atoms with Crippen molar-refractivity contribution < 1.29 is 48.1 Å². The first-order chi connectivity index (χ1) is 14.9. The summed E-state index contributed by atoms with van der Waals surface area (Å²) < 4.78 is 0. The van der Waals surface area contributed by atoms with Crippen molar-refractivity contribution in [2.75, 3.05) is 0 Å². The van der Waals surface area contributed by atoms with Gasteiger partial charge in [0.2, 0.25) is 0 Å². The third-order valence-electron chi connectivity index (χ3n) is 5.35. The van der Waals surface area contributed by atoms with Crippen LogP contribution >= 0.6 is 0 Å². The molecule has 0 N–H and O–H groups in total. The summed E-state index contributed by atoms with van der Waals surface area (Å²) in [6, 6.07) is 37.4. The van der Waals surface area contributed by atoms with Crippen molar-refractivity contribution in [1.29, 1.82) is 0 Å². The minimum absolute atomic E-state index is 0. The summed E-state index contributed by atoms with van der Waals surface area (Å²) in [5, 5.41) is 1.56. The van der Waals surface area contributed by atoms with E-state index >= 15 is 0 Å². The third kappa shape index (κ3) is 8.76. The van der Waals surface area contributed by atoms with E-state index in [-0.39, 0.29) is 30.2 Å². The zero-order valence-electron chi connectivity index (χ0n) is 19.7. The zero-order chi connectivity index (χ0) is 22.3. The van der Waals surface area contributed by atoms with Crippen LogP contribution in [0.5, 0.6) is 0 Å². The van der Waals surface area contributed by atoms with Crippen LogP contribution in [0.15, 0.2) is 97.1 Å². The van der Waals surface area contributed by atoms with Gasteiger partial charge in [-0.05, 0) is 6.42 Å². The van der Waals surface area contributed by atoms with Gasteiger partial charge in [0.1, 0.15) is 0 Å². The fourth-order valence-corrected chi connectivity index (χ4v) is 5.48. The first-order valence-corrected chi connectivity index (χ1v) is 16.5. The second-order valence-electron chi connectivity index (χ2n) is 8.81. The second kappa shape index (κ2) is 14.2. The van der Waals surface area contributed by atoms with Gasteiger partial charge in [0.25, 0.3) is 0 Å². The van der Waals surface area contributed by atoms with Crippen LogP contribution in [0.1, 0.15) is 37.5 Å². The summed E-state index contributed by atoms with van der Waals surface area (Å²) in [4.78, 5) is 0. The molecule has 5 rings (SSSR count). The topological polar surface area (TPSA) is 0 Å². The first kappa shape index (κ1) is 29.7. The monoisotopic (exact) mass is 566 g/mol. The zero-order valence-corrected chi connectivity index (χ0v) is 24.7. The Hall–Kier alpha value is -1.31. The van der Waals surface area contributed by atoms with E-state index in [1.165, 1.54) is 27.8 Å². The van der Waals surface area contributed by atoms with E-state index in [1.807, 2.05) is 6.07 Å². The molecule has 0 aromatic heterocycles. The van der Waals surface area contributed by atoms with Crippen molar-refractivity contribution in [2.24, 2.45) is 0 Å². The Morgan fingerprint density at radius 2 is 1.48 bits per heavy atom. The van der Waals surface area contributed by atoms with Gasteiger partial charge in [-0.15, -0.1) is 5.56 Å². The smallest absolute Gasteiger partial charge is 0.0253 e. The Balaban J connectivity index is 0.000000247. The molecule has 0 bridgehead atoms. The molecule has 0 atom stereocenters. The van der Waals surface area contributed by atoms with E-state index in [0.29, 0.717) is 5.41 Å². The van der Waals surface area contributed by atoms with Gasteiger partial charge in [0, 0.05) is 0 Å². The molecule has 0 amide bonds. The summed E-state index contributed by atoms with van der Waals surface area (Å²) in [5.74, 6) is 0. The minimum atomic E-state index is -0.122. The molecule has 4 aromatic rings. The molecule has 0 fully saturated rings. The normalized spacial score (nSPS) is 10.6. The van der Waals surface area contributed by atoms with Crippen LogP contribution < -0.4 is 30.0 Å². The number of fused-ring (bicyclic) bond motifs is 3. The number of benzene rings is 3. The van der Waals surface area contributed by atoms with Crippen LogP contribution in [0.4, 0.5) is 0 Å². The predicted molar refractivity (Wildman–Crippen MR) is 132 cm³/mol. The molecule has 33 heavy (non-hydrogen) atoms. The molecule has 4 aromatic carbocycles. The van der Waals surface area contributed by atoms with Crippen LogP contribution in [0.3, 0.4) is 0 Å². The van der Waals surface area contributed by atoms with Gasteiger partial charge in [0.15, 0.2) is 0 Å². The number of rotatable bonds is 1. The molecule has 4 heteroatoms. The van der Waals surface area contributed by atoms with Crippen LogP contribution in [0.2, 0.25) is 6.55 Å². The summed E-state index contributed by atoms with van der Waals surface area (Å²) >= 11 is 1.69. The maximum atomic E-state index is 3.30. The maximum absolute atomic E-state index is 3.30. The Morgan fingerprint density at radius 3 is 2.03 bits per heavy atom. The van der Waals surface area contributed by atoms with E-state index in [1.54, 1.807) is 28.5 Å². The molecule has 0 aliphatic heterocycles. The molecule has 1 aliphatic carbocycles. The molecule has 0 nitrogen and oxygen atoms in total. The molecule has 0 radical (unpaired) electrons. The van der Waals surface area contributed by atoms with Gasteiger partial charge in [-0.2, -0.15) is 53.6 Å². The molecule has 0 unspecified atom stereocenters. The average molecular weight is 569 g/mol. The van der Waals surface area contributed by atoms with E-state index in [2.05, 4.69) is 124 Å². The van der Waals surface area contributed by atoms with Crippen molar-refractivity contribution in [1.82, 2.24) is 0 Å². The van der Waals surface area contributed by atoms with Gasteiger partial charge >= 0.3 is 70.8 Å². The quantitative estimate of drug-likeness (QED) is 0.208. The summed E-state index contributed by atoms with van der Waals surface area (Å²) in [7, 11) is 0. The second-order valence-corrected chi connectivity index (χ2v) is 16.2. The SMILES string of the molecule is CC(C)(C)c1cc[cH-]c1.C[Si](=[Zr+2])c1ccccc1.[Cl-].[Cl-].[c-]1cccc2c1Cc1ccccc1-2. The molecule has 1 aliphatic rings. The van der Waals surface area contributed by atoms with Crippen LogP contribution in [0.25, 0.3) is 11.1 Å². The van der Waals surface area contributed by atoms with E-state index in [4.69, 9.17) is 0 Å². The van der Waals surface area contributed by atoms with Crippen molar-refractivity contribution >= 4 is 10.6 Å². The fourth-order valence-electron chi connectivity index (χ4n) is 3.56. The maximum Gasteiger partial charge on any atom is -0.0253 e. The molecule has 0 saturated carbocycles. The van der Waals surface area contributed by atoms with Crippen molar-refractivity contribution in [2.45, 2.75) is 39.2 Å². The molecular weight excluding hydrogens is 539 g/mol. The van der Waals surface area contributed by atoms with Crippen molar-refractivity contribution in [3.63, 3.8) is 0 Å². The molecule has 170 valence electrons. The van der Waals surface area contributed by atoms with Crippen LogP contribution in [-0.2, 0) is 35.2 Å². The van der Waals surface area contributed by atoms with Gasteiger partial charge < -0.3 is 24.8 Å². The Labute approximate surface area is 227 Å². The molecule has 0 spiro atoms.